The van der Waals surface area contributed by atoms with Crippen LogP contribution < -0.4 is 15.8 Å². The van der Waals surface area contributed by atoms with Crippen LogP contribution in [0.2, 0.25) is 0 Å². The highest BCUT2D eigenvalue weighted by atomic mass is 32.2. The maximum atomic E-state index is 13.4. The van der Waals surface area contributed by atoms with Gasteiger partial charge in [0.1, 0.15) is 29.4 Å². The van der Waals surface area contributed by atoms with Gasteiger partial charge < -0.3 is 29.5 Å². The SMILES string of the molecule is COc1cc(C)c(S(=O)(=O)N(C)Cc2cc(C(=O)N(C)Cc3ccc(C4=NCCN4)cc3)c(C)o2)c(C)c1.NC(=O)c1ccoc1. The standard InChI is InChI=1S/C28H34N4O5S.C5H5NO2/c1-18-13-23(36-6)14-19(2)26(18)38(34,35)32(5)17-24-15-25(20(3)37-24)28(33)31(4)16-21-7-9-22(10-8-21)27-29-11-12-30-27;6-5(7)4-1-2-8-3-4/h7-10,13-15H,11-12,16-17H2,1-6H3,(H,29,30);1-3H,(H2,6,7). The van der Waals surface area contributed by atoms with Crippen LogP contribution in [0.5, 0.6) is 5.75 Å². The van der Waals surface area contributed by atoms with Crippen molar-refractivity contribution < 1.29 is 31.6 Å². The van der Waals surface area contributed by atoms with E-state index >= 15 is 0 Å². The van der Waals surface area contributed by atoms with Crippen LogP contribution in [-0.2, 0) is 23.1 Å². The number of ether oxygens (including phenoxy) is 1. The minimum Gasteiger partial charge on any atom is -0.497 e. The van der Waals surface area contributed by atoms with Crippen molar-refractivity contribution in [3.05, 3.63) is 106 Å². The number of rotatable bonds is 10. The van der Waals surface area contributed by atoms with Crippen LogP contribution in [-0.4, -0.2) is 69.6 Å². The van der Waals surface area contributed by atoms with E-state index in [0.29, 0.717) is 46.1 Å². The summed E-state index contributed by atoms with van der Waals surface area (Å²) in [6.45, 7) is 7.24. The second-order valence-electron chi connectivity index (χ2n) is 10.9. The molecule has 0 spiro atoms. The minimum absolute atomic E-state index is 0.00946. The molecule has 0 radical (unpaired) electrons. The highest BCUT2D eigenvalue weighted by molar-refractivity contribution is 7.89. The summed E-state index contributed by atoms with van der Waals surface area (Å²) in [5.74, 6) is 1.68. The Morgan fingerprint density at radius 3 is 2.22 bits per heavy atom. The van der Waals surface area contributed by atoms with Gasteiger partial charge >= 0.3 is 0 Å². The van der Waals surface area contributed by atoms with Gasteiger partial charge in [-0.3, -0.25) is 14.6 Å². The molecule has 2 aromatic heterocycles. The van der Waals surface area contributed by atoms with Crippen LogP contribution in [0.15, 0.2) is 79.8 Å². The Morgan fingerprint density at radius 1 is 1.02 bits per heavy atom. The third kappa shape index (κ3) is 7.85. The molecule has 1 aliphatic heterocycles. The predicted molar refractivity (Wildman–Crippen MR) is 173 cm³/mol. The van der Waals surface area contributed by atoms with Gasteiger partial charge in [-0.1, -0.05) is 24.3 Å². The van der Waals surface area contributed by atoms with Crippen molar-refractivity contribution in [2.75, 3.05) is 34.3 Å². The first-order valence-corrected chi connectivity index (χ1v) is 15.9. The molecule has 3 heterocycles. The number of primary amides is 1. The molecule has 2 amide bonds. The van der Waals surface area contributed by atoms with Crippen LogP contribution in [0, 0.1) is 20.8 Å². The Bertz CT molecular complexity index is 1810. The molecular formula is C33H39N5O7S. The zero-order valence-electron chi connectivity index (χ0n) is 26.8. The fourth-order valence-corrected chi connectivity index (χ4v) is 6.59. The number of nitrogens with zero attached hydrogens (tertiary/aromatic N) is 3. The Kier molecular flexibility index (Phi) is 10.7. The molecule has 12 nitrogen and oxygen atoms in total. The first kappa shape index (κ1) is 34.0. The van der Waals surface area contributed by atoms with Crippen molar-refractivity contribution in [2.45, 2.75) is 38.8 Å². The normalized spacial score (nSPS) is 12.6. The molecule has 0 atom stereocenters. The number of benzene rings is 2. The van der Waals surface area contributed by atoms with Crippen molar-refractivity contribution in [3.63, 3.8) is 0 Å². The number of nitrogens with two attached hydrogens (primary N) is 1. The Hall–Kier alpha value is -4.88. The van der Waals surface area contributed by atoms with E-state index in [9.17, 15) is 18.0 Å². The lowest BCUT2D eigenvalue weighted by Crippen LogP contribution is -2.28. The molecule has 2 aromatic carbocycles. The number of sulfonamides is 1. The van der Waals surface area contributed by atoms with E-state index in [2.05, 4.69) is 14.7 Å². The molecule has 1 aliphatic rings. The molecule has 4 aromatic rings. The predicted octanol–water partition coefficient (Wildman–Crippen LogP) is 4.03. The maximum Gasteiger partial charge on any atom is 0.257 e. The molecule has 0 saturated heterocycles. The highest BCUT2D eigenvalue weighted by Crippen LogP contribution is 2.29. The van der Waals surface area contributed by atoms with Crippen molar-refractivity contribution in [2.24, 2.45) is 10.7 Å². The van der Waals surface area contributed by atoms with E-state index in [0.717, 1.165) is 30.1 Å². The van der Waals surface area contributed by atoms with Crippen molar-refractivity contribution in [1.29, 1.82) is 0 Å². The van der Waals surface area contributed by atoms with Gasteiger partial charge in [-0.2, -0.15) is 4.31 Å². The summed E-state index contributed by atoms with van der Waals surface area (Å²) in [6, 6.07) is 14.5. The van der Waals surface area contributed by atoms with E-state index in [1.807, 2.05) is 24.3 Å². The first-order chi connectivity index (χ1) is 21.8. The molecule has 0 unspecified atom stereocenters. The summed E-state index contributed by atoms with van der Waals surface area (Å²) in [5, 5.41) is 3.25. The molecule has 13 heteroatoms. The number of carbonyl (C=O) groups excluding carboxylic acids is 2. The summed E-state index contributed by atoms with van der Waals surface area (Å²) in [6.07, 6.45) is 2.71. The van der Waals surface area contributed by atoms with E-state index in [1.54, 1.807) is 58.0 Å². The van der Waals surface area contributed by atoms with Gasteiger partial charge in [0.05, 0.1) is 42.5 Å². The van der Waals surface area contributed by atoms with Gasteiger partial charge in [0.2, 0.25) is 10.0 Å². The number of carbonyl (C=O) groups is 2. The monoisotopic (exact) mass is 649 g/mol. The van der Waals surface area contributed by atoms with E-state index < -0.39 is 15.9 Å². The quantitative estimate of drug-likeness (QED) is 0.260. The number of aryl methyl sites for hydroxylation is 3. The maximum absolute atomic E-state index is 13.4. The van der Waals surface area contributed by atoms with Crippen molar-refractivity contribution in [1.82, 2.24) is 14.5 Å². The topological polar surface area (TPSA) is 161 Å². The smallest absolute Gasteiger partial charge is 0.257 e. The molecule has 5 rings (SSSR count). The lowest BCUT2D eigenvalue weighted by Gasteiger charge is -2.20. The fourth-order valence-electron chi connectivity index (χ4n) is 5.04. The summed E-state index contributed by atoms with van der Waals surface area (Å²) in [7, 11) is 0.974. The lowest BCUT2D eigenvalue weighted by molar-refractivity contribution is 0.0783. The number of amides is 2. The molecule has 0 saturated carbocycles. The average molecular weight is 650 g/mol. The van der Waals surface area contributed by atoms with Crippen LogP contribution >= 0.6 is 0 Å². The van der Waals surface area contributed by atoms with Gasteiger partial charge in [-0.15, -0.1) is 0 Å². The van der Waals surface area contributed by atoms with Gasteiger partial charge in [0.15, 0.2) is 0 Å². The third-order valence-electron chi connectivity index (χ3n) is 7.39. The van der Waals surface area contributed by atoms with E-state index in [-0.39, 0.29) is 17.3 Å². The number of amidine groups is 1. The van der Waals surface area contributed by atoms with Gasteiger partial charge in [0.25, 0.3) is 11.8 Å². The second kappa shape index (κ2) is 14.5. The van der Waals surface area contributed by atoms with E-state index in [1.165, 1.54) is 29.9 Å². The fraction of sp³-hybridized carbons (Fsp3) is 0.303. The summed E-state index contributed by atoms with van der Waals surface area (Å²) >= 11 is 0. The van der Waals surface area contributed by atoms with Crippen LogP contribution in [0.25, 0.3) is 0 Å². The Morgan fingerprint density at radius 2 is 1.70 bits per heavy atom. The van der Waals surface area contributed by atoms with Gasteiger partial charge in [0, 0.05) is 32.7 Å². The third-order valence-corrected chi connectivity index (χ3v) is 9.50. The zero-order valence-corrected chi connectivity index (χ0v) is 27.6. The summed E-state index contributed by atoms with van der Waals surface area (Å²) in [4.78, 5) is 29.7. The first-order valence-electron chi connectivity index (χ1n) is 14.5. The summed E-state index contributed by atoms with van der Waals surface area (Å²) in [5.41, 5.74) is 8.88. The molecule has 0 bridgehead atoms. The lowest BCUT2D eigenvalue weighted by atomic mass is 10.1. The largest absolute Gasteiger partial charge is 0.497 e. The van der Waals surface area contributed by atoms with E-state index in [4.69, 9.17) is 14.9 Å². The number of aliphatic imine (C=N–C) groups is 1. The number of methoxy groups -OCH3 is 1. The average Bonchev–Trinajstić information content (AvgIpc) is 3.80. The van der Waals surface area contributed by atoms with Crippen LogP contribution in [0.4, 0.5) is 0 Å². The second-order valence-corrected chi connectivity index (χ2v) is 12.9. The Balaban J connectivity index is 0.000000523. The Labute approximate surface area is 268 Å². The van der Waals surface area contributed by atoms with Crippen LogP contribution in [0.1, 0.15) is 54.5 Å². The molecule has 0 aliphatic carbocycles. The number of hydrogen-bond acceptors (Lipinski definition) is 9. The zero-order chi connectivity index (χ0) is 33.6. The highest BCUT2D eigenvalue weighted by Gasteiger charge is 2.28. The minimum atomic E-state index is -3.80. The van der Waals surface area contributed by atoms with Crippen molar-refractivity contribution in [3.8, 4) is 5.75 Å². The molecule has 244 valence electrons. The van der Waals surface area contributed by atoms with Crippen molar-refractivity contribution >= 4 is 27.7 Å². The molecule has 0 fully saturated rings. The van der Waals surface area contributed by atoms with Gasteiger partial charge in [-0.25, -0.2) is 8.42 Å². The van der Waals surface area contributed by atoms with Crippen LogP contribution in [0.3, 0.4) is 0 Å². The number of nitrogens with one attached hydrogen (secondary N) is 1. The summed E-state index contributed by atoms with van der Waals surface area (Å²) < 4.78 is 43.6. The number of furan rings is 2. The molecular weight excluding hydrogens is 610 g/mol. The molecule has 46 heavy (non-hydrogen) atoms. The van der Waals surface area contributed by atoms with Gasteiger partial charge in [-0.05, 0) is 61.7 Å². The molecule has 3 N–H and O–H groups in total. The number of hydrogen-bond donors (Lipinski definition) is 2.